The first kappa shape index (κ1) is 23.8. The number of amides is 2. The maximum atomic E-state index is 13.2. The van der Waals surface area contributed by atoms with Crippen LogP contribution in [-0.2, 0) is 14.3 Å². The van der Waals surface area contributed by atoms with Gasteiger partial charge in [-0.1, -0.05) is 75.7 Å². The van der Waals surface area contributed by atoms with Gasteiger partial charge in [-0.05, 0) is 34.1 Å². The predicted octanol–water partition coefficient (Wildman–Crippen LogP) is 4.12. The van der Waals surface area contributed by atoms with E-state index in [1.165, 1.54) is 0 Å². The van der Waals surface area contributed by atoms with E-state index < -0.39 is 24.0 Å². The number of carboxylic acid groups (broad SMARTS) is 1. The fourth-order valence-electron chi connectivity index (χ4n) is 5.12. The lowest BCUT2D eigenvalue weighted by atomic mass is 9.97. The van der Waals surface area contributed by atoms with Crippen molar-refractivity contribution in [3.05, 3.63) is 59.7 Å². The van der Waals surface area contributed by atoms with Crippen molar-refractivity contribution in [2.24, 2.45) is 17.8 Å². The van der Waals surface area contributed by atoms with E-state index in [1.807, 2.05) is 45.0 Å². The van der Waals surface area contributed by atoms with Gasteiger partial charge in [0, 0.05) is 19.0 Å². The first-order valence-electron chi connectivity index (χ1n) is 11.9. The summed E-state index contributed by atoms with van der Waals surface area (Å²) in [5, 5.41) is 12.2. The van der Waals surface area contributed by atoms with Crippen LogP contribution in [0.2, 0.25) is 0 Å². The lowest BCUT2D eigenvalue weighted by Crippen LogP contribution is -2.51. The molecule has 0 bridgehead atoms. The molecule has 2 amide bonds. The molecule has 1 fully saturated rings. The predicted molar refractivity (Wildman–Crippen MR) is 128 cm³/mol. The molecule has 0 saturated carbocycles. The van der Waals surface area contributed by atoms with E-state index in [1.54, 1.807) is 4.90 Å². The summed E-state index contributed by atoms with van der Waals surface area (Å²) in [5.41, 5.74) is 4.54. The Bertz CT molecular complexity index is 1040. The molecule has 1 saturated heterocycles. The third-order valence-electron chi connectivity index (χ3n) is 7.34. The summed E-state index contributed by atoms with van der Waals surface area (Å²) in [6.07, 6.45) is 0.0498. The number of carboxylic acids is 1. The Kier molecular flexibility index (Phi) is 6.91. The van der Waals surface area contributed by atoms with Crippen LogP contribution in [0, 0.1) is 17.8 Å². The Morgan fingerprint density at radius 1 is 1.06 bits per heavy atom. The molecule has 1 aliphatic carbocycles. The molecule has 34 heavy (non-hydrogen) atoms. The molecule has 1 unspecified atom stereocenters. The number of ether oxygens (including phenoxy) is 1. The summed E-state index contributed by atoms with van der Waals surface area (Å²) in [7, 11) is 0. The van der Waals surface area contributed by atoms with Gasteiger partial charge < -0.3 is 20.1 Å². The topological polar surface area (TPSA) is 95.9 Å². The fraction of sp³-hybridized carbons (Fsp3) is 0.444. The summed E-state index contributed by atoms with van der Waals surface area (Å²) in [4.78, 5) is 39.1. The Balaban J connectivity index is 1.43. The first-order chi connectivity index (χ1) is 16.3. The summed E-state index contributed by atoms with van der Waals surface area (Å²) < 4.78 is 5.64. The maximum Gasteiger partial charge on any atom is 0.407 e. The number of fused-ring (bicyclic) bond motifs is 3. The van der Waals surface area contributed by atoms with Crippen LogP contribution in [0.15, 0.2) is 48.5 Å². The fourth-order valence-corrected chi connectivity index (χ4v) is 5.12. The number of alkyl carbamates (subject to hydrolysis) is 1. The van der Waals surface area contributed by atoms with E-state index in [4.69, 9.17) is 4.74 Å². The van der Waals surface area contributed by atoms with Gasteiger partial charge in [0.2, 0.25) is 5.91 Å². The number of carbonyl (C=O) groups excluding carboxylic acids is 2. The van der Waals surface area contributed by atoms with Crippen molar-refractivity contribution >= 4 is 18.0 Å². The van der Waals surface area contributed by atoms with E-state index in [0.29, 0.717) is 13.0 Å². The van der Waals surface area contributed by atoms with Crippen LogP contribution in [0.25, 0.3) is 11.1 Å². The highest BCUT2D eigenvalue weighted by atomic mass is 16.5. The molecule has 1 heterocycles. The van der Waals surface area contributed by atoms with E-state index in [9.17, 15) is 19.5 Å². The van der Waals surface area contributed by atoms with Crippen LogP contribution >= 0.6 is 0 Å². The van der Waals surface area contributed by atoms with Crippen molar-refractivity contribution < 1.29 is 24.2 Å². The molecule has 0 spiro atoms. The first-order valence-corrected chi connectivity index (χ1v) is 11.9. The smallest absolute Gasteiger partial charge is 0.407 e. The van der Waals surface area contributed by atoms with Crippen LogP contribution in [0.4, 0.5) is 4.79 Å². The standard InChI is InChI=1S/C27H32N2O5/c1-4-16(2)24(25(30)29-13-17(3)22(14-29)26(31)32)28-27(33)34-15-23-20-11-7-5-9-18(20)19-10-6-8-12-21(19)23/h5-12,16-17,22-24H,4,13-15H2,1-3H3,(H,28,33)(H,31,32)/t16?,17-,22-,24-/m0/s1. The third-order valence-corrected chi connectivity index (χ3v) is 7.34. The third kappa shape index (κ3) is 4.52. The second-order valence-electron chi connectivity index (χ2n) is 9.50. The number of hydrogen-bond donors (Lipinski definition) is 2. The molecule has 180 valence electrons. The molecule has 1 aliphatic heterocycles. The van der Waals surface area contributed by atoms with Crippen molar-refractivity contribution in [1.29, 1.82) is 0 Å². The minimum Gasteiger partial charge on any atom is -0.481 e. The van der Waals surface area contributed by atoms with E-state index in [2.05, 4.69) is 29.6 Å². The Hall–Kier alpha value is -3.35. The normalized spacial score (nSPS) is 20.9. The number of likely N-dealkylation sites (tertiary alicyclic amines) is 1. The summed E-state index contributed by atoms with van der Waals surface area (Å²) in [6, 6.07) is 15.5. The summed E-state index contributed by atoms with van der Waals surface area (Å²) in [5.74, 6) is -2.05. The van der Waals surface area contributed by atoms with Crippen molar-refractivity contribution in [1.82, 2.24) is 10.2 Å². The van der Waals surface area contributed by atoms with Gasteiger partial charge in [0.15, 0.2) is 0 Å². The van der Waals surface area contributed by atoms with Crippen LogP contribution in [-0.4, -0.2) is 53.7 Å². The molecule has 2 aliphatic rings. The highest BCUT2D eigenvalue weighted by Crippen LogP contribution is 2.44. The van der Waals surface area contributed by atoms with Gasteiger partial charge in [-0.25, -0.2) is 4.79 Å². The zero-order valence-electron chi connectivity index (χ0n) is 19.9. The Labute approximate surface area is 200 Å². The number of carbonyl (C=O) groups is 3. The van der Waals surface area contributed by atoms with Crippen LogP contribution in [0.3, 0.4) is 0 Å². The summed E-state index contributed by atoms with van der Waals surface area (Å²) in [6.45, 7) is 6.40. The van der Waals surface area contributed by atoms with Crippen LogP contribution < -0.4 is 5.32 Å². The molecule has 7 nitrogen and oxygen atoms in total. The van der Waals surface area contributed by atoms with Gasteiger partial charge in [0.05, 0.1) is 5.92 Å². The highest BCUT2D eigenvalue weighted by Gasteiger charge is 2.40. The van der Waals surface area contributed by atoms with E-state index >= 15 is 0 Å². The van der Waals surface area contributed by atoms with E-state index in [0.717, 1.165) is 22.3 Å². The molecule has 0 radical (unpaired) electrons. The van der Waals surface area contributed by atoms with Gasteiger partial charge in [0.25, 0.3) is 0 Å². The molecular weight excluding hydrogens is 432 g/mol. The molecule has 0 aromatic heterocycles. The van der Waals surface area contributed by atoms with Gasteiger partial charge in [0.1, 0.15) is 12.6 Å². The van der Waals surface area contributed by atoms with Crippen LogP contribution in [0.1, 0.15) is 44.2 Å². The quantitative estimate of drug-likeness (QED) is 0.643. The average Bonchev–Trinajstić information content (AvgIpc) is 3.38. The summed E-state index contributed by atoms with van der Waals surface area (Å²) >= 11 is 0. The number of benzene rings is 2. The number of nitrogens with zero attached hydrogens (tertiary/aromatic N) is 1. The number of hydrogen-bond acceptors (Lipinski definition) is 4. The van der Waals surface area contributed by atoms with Gasteiger partial charge in [-0.3, -0.25) is 9.59 Å². The molecular formula is C27H32N2O5. The van der Waals surface area contributed by atoms with E-state index in [-0.39, 0.29) is 36.8 Å². The lowest BCUT2D eigenvalue weighted by Gasteiger charge is -2.28. The zero-order chi connectivity index (χ0) is 24.4. The SMILES string of the molecule is CCC(C)[C@H](NC(=O)OCC1c2ccccc2-c2ccccc21)C(=O)N1C[C@H](C(=O)O)[C@@H](C)C1. The van der Waals surface area contributed by atoms with Gasteiger partial charge in [-0.2, -0.15) is 0 Å². The minimum absolute atomic E-state index is 0.0633. The molecule has 2 aromatic carbocycles. The molecule has 2 aromatic rings. The Morgan fingerprint density at radius 3 is 2.18 bits per heavy atom. The molecule has 4 atom stereocenters. The minimum atomic E-state index is -0.896. The lowest BCUT2D eigenvalue weighted by molar-refractivity contribution is -0.142. The largest absolute Gasteiger partial charge is 0.481 e. The number of nitrogens with one attached hydrogen (secondary N) is 1. The molecule has 2 N–H and O–H groups in total. The number of rotatable bonds is 7. The Morgan fingerprint density at radius 2 is 1.65 bits per heavy atom. The molecule has 7 heteroatoms. The zero-order valence-corrected chi connectivity index (χ0v) is 19.9. The maximum absolute atomic E-state index is 13.2. The number of aliphatic carboxylic acids is 1. The van der Waals surface area contributed by atoms with Crippen LogP contribution in [0.5, 0.6) is 0 Å². The monoisotopic (exact) mass is 464 g/mol. The van der Waals surface area contributed by atoms with Gasteiger partial charge >= 0.3 is 12.1 Å². The second-order valence-corrected chi connectivity index (χ2v) is 9.50. The van der Waals surface area contributed by atoms with Gasteiger partial charge in [-0.15, -0.1) is 0 Å². The molecule has 4 rings (SSSR count). The van der Waals surface area contributed by atoms with Crippen molar-refractivity contribution in [2.75, 3.05) is 19.7 Å². The highest BCUT2D eigenvalue weighted by molar-refractivity contribution is 5.87. The van der Waals surface area contributed by atoms with Crippen molar-refractivity contribution in [3.63, 3.8) is 0 Å². The second kappa shape index (κ2) is 9.87. The van der Waals surface area contributed by atoms with Crippen molar-refractivity contribution in [2.45, 2.75) is 39.2 Å². The average molecular weight is 465 g/mol. The van der Waals surface area contributed by atoms with Crippen molar-refractivity contribution in [3.8, 4) is 11.1 Å².